The molecule has 0 aromatic carbocycles. The zero-order valence-corrected chi connectivity index (χ0v) is 37.1. The number of hydrogen-bond donors (Lipinski definition) is 4. The Morgan fingerprint density at radius 2 is 1.23 bits per heavy atom. The Bertz CT molecular complexity index is 1150. The molecule has 4 N–H and O–H groups in total. The molecule has 6 atom stereocenters. The number of allylic oxidation sites excluding steroid dienone is 1. The SMILES string of the molecule is CCCCC/C=C\CC1OC1CCCCCCCC(=O)OC[C@H](COP(=O)(O)OC[C@@H](O)COP(=O)(O)O)OC(=O)CCCCCCCCCCCCC(C)CC. The third-order valence-corrected chi connectivity index (χ3v) is 11.5. The quantitative estimate of drug-likeness (QED) is 0.0149. The molecule has 1 heterocycles. The van der Waals surface area contributed by atoms with Crippen LogP contribution in [0.1, 0.15) is 181 Å². The summed E-state index contributed by atoms with van der Waals surface area (Å²) >= 11 is 0. The van der Waals surface area contributed by atoms with Crippen molar-refractivity contribution in [2.75, 3.05) is 26.4 Å². The molecule has 336 valence electrons. The highest BCUT2D eigenvalue weighted by molar-refractivity contribution is 7.47. The summed E-state index contributed by atoms with van der Waals surface area (Å²) in [6.07, 6.45) is 27.9. The number of aliphatic hydroxyl groups excluding tert-OH is 1. The molecule has 0 aliphatic carbocycles. The van der Waals surface area contributed by atoms with Gasteiger partial charge in [0.05, 0.1) is 32.0 Å². The van der Waals surface area contributed by atoms with E-state index in [0.29, 0.717) is 25.0 Å². The standard InChI is InChI=1S/C41H78O14P2/c1-4-6-7-8-17-22-27-38-39(55-38)28-23-18-15-20-24-29-40(43)50-33-37(34-53-57(48,49)52-32-36(42)31-51-56(45,46)47)54-41(44)30-25-19-14-12-10-9-11-13-16-21-26-35(3)5-2/h17,22,35-39,42H,4-16,18-21,23-34H2,1-3H3,(H,48,49)(H2,45,46,47)/b22-17-/t35?,36-,37+,38?,39?/m0/s1. The van der Waals surface area contributed by atoms with Gasteiger partial charge in [-0.2, -0.15) is 0 Å². The van der Waals surface area contributed by atoms with Crippen molar-refractivity contribution in [3.05, 3.63) is 12.2 Å². The van der Waals surface area contributed by atoms with Crippen molar-refractivity contribution >= 4 is 27.6 Å². The summed E-state index contributed by atoms with van der Waals surface area (Å²) in [7, 11) is -9.67. The number of hydrogen-bond acceptors (Lipinski definition) is 11. The summed E-state index contributed by atoms with van der Waals surface area (Å²) in [4.78, 5) is 52.7. The third kappa shape index (κ3) is 34.3. The molecule has 1 saturated heterocycles. The van der Waals surface area contributed by atoms with Crippen molar-refractivity contribution in [3.8, 4) is 0 Å². The first-order valence-electron chi connectivity index (χ1n) is 21.9. The first kappa shape index (κ1) is 53.8. The summed E-state index contributed by atoms with van der Waals surface area (Å²) in [6, 6.07) is 0. The first-order chi connectivity index (χ1) is 27.2. The Morgan fingerprint density at radius 1 is 0.667 bits per heavy atom. The van der Waals surface area contributed by atoms with Crippen LogP contribution in [0.4, 0.5) is 0 Å². The van der Waals surface area contributed by atoms with Gasteiger partial charge < -0.3 is 34.0 Å². The van der Waals surface area contributed by atoms with Crippen molar-refractivity contribution in [1.82, 2.24) is 0 Å². The normalized spacial score (nSPS) is 18.3. The van der Waals surface area contributed by atoms with Gasteiger partial charge in [0.15, 0.2) is 6.10 Å². The van der Waals surface area contributed by atoms with Crippen LogP contribution in [0.15, 0.2) is 12.2 Å². The number of phosphoric acid groups is 2. The molecule has 1 rings (SSSR count). The molecular formula is C41H78O14P2. The van der Waals surface area contributed by atoms with Gasteiger partial charge in [0.2, 0.25) is 0 Å². The molecule has 57 heavy (non-hydrogen) atoms. The zero-order chi connectivity index (χ0) is 42.2. The number of carbonyl (C=O) groups is 2. The fourth-order valence-electron chi connectivity index (χ4n) is 6.27. The minimum Gasteiger partial charge on any atom is -0.462 e. The smallest absolute Gasteiger partial charge is 0.462 e. The van der Waals surface area contributed by atoms with Gasteiger partial charge in [0, 0.05) is 12.8 Å². The Hall–Kier alpha value is -1.18. The lowest BCUT2D eigenvalue weighted by atomic mass is 9.99. The second-order valence-corrected chi connectivity index (χ2v) is 18.3. The number of rotatable bonds is 40. The number of phosphoric ester groups is 2. The van der Waals surface area contributed by atoms with Crippen LogP contribution in [0.3, 0.4) is 0 Å². The molecule has 16 heteroatoms. The molecule has 4 unspecified atom stereocenters. The van der Waals surface area contributed by atoms with Gasteiger partial charge in [0.25, 0.3) is 0 Å². The molecule has 0 amide bonds. The van der Waals surface area contributed by atoms with Gasteiger partial charge in [0.1, 0.15) is 12.7 Å². The van der Waals surface area contributed by atoms with Crippen LogP contribution in [-0.4, -0.2) is 82.6 Å². The monoisotopic (exact) mass is 856 g/mol. The predicted molar refractivity (Wildman–Crippen MR) is 220 cm³/mol. The number of esters is 2. The second-order valence-electron chi connectivity index (χ2n) is 15.6. The number of carbonyl (C=O) groups excluding carboxylic acids is 2. The van der Waals surface area contributed by atoms with E-state index in [4.69, 9.17) is 28.5 Å². The zero-order valence-electron chi connectivity index (χ0n) is 35.3. The van der Waals surface area contributed by atoms with Gasteiger partial charge in [-0.3, -0.25) is 23.2 Å². The second kappa shape index (κ2) is 33.5. The van der Waals surface area contributed by atoms with Gasteiger partial charge in [-0.25, -0.2) is 9.13 Å². The van der Waals surface area contributed by atoms with Crippen molar-refractivity contribution in [3.63, 3.8) is 0 Å². The van der Waals surface area contributed by atoms with Crippen molar-refractivity contribution < 1.29 is 66.3 Å². The number of epoxide rings is 1. The molecular weight excluding hydrogens is 778 g/mol. The first-order valence-corrected chi connectivity index (χ1v) is 24.9. The lowest BCUT2D eigenvalue weighted by Crippen LogP contribution is -2.30. The van der Waals surface area contributed by atoms with E-state index in [9.17, 15) is 28.7 Å². The van der Waals surface area contributed by atoms with E-state index in [-0.39, 0.29) is 12.8 Å². The van der Waals surface area contributed by atoms with E-state index in [0.717, 1.165) is 70.1 Å². The van der Waals surface area contributed by atoms with Crippen molar-refractivity contribution in [2.24, 2.45) is 5.92 Å². The fraction of sp³-hybridized carbons (Fsp3) is 0.902. The topological polar surface area (TPSA) is 208 Å². The molecule has 0 aromatic rings. The maximum absolute atomic E-state index is 12.7. The molecule has 0 saturated carbocycles. The van der Waals surface area contributed by atoms with E-state index in [1.54, 1.807) is 0 Å². The molecule has 0 aromatic heterocycles. The van der Waals surface area contributed by atoms with Crippen molar-refractivity contribution in [1.29, 1.82) is 0 Å². The van der Waals surface area contributed by atoms with Crippen LogP contribution >= 0.6 is 15.6 Å². The van der Waals surface area contributed by atoms with Crippen LogP contribution in [0.5, 0.6) is 0 Å². The lowest BCUT2D eigenvalue weighted by molar-refractivity contribution is -0.161. The summed E-state index contributed by atoms with van der Waals surface area (Å²) in [6.45, 7) is 4.04. The van der Waals surface area contributed by atoms with Crippen LogP contribution in [0.25, 0.3) is 0 Å². The third-order valence-electron chi connectivity index (χ3n) is 10.1. The summed E-state index contributed by atoms with van der Waals surface area (Å²) in [5, 5.41) is 9.74. The maximum atomic E-state index is 12.7. The van der Waals surface area contributed by atoms with E-state index < -0.39 is 66.2 Å². The maximum Gasteiger partial charge on any atom is 0.472 e. The number of unbranched alkanes of at least 4 members (excludes halogenated alkanes) is 16. The average molecular weight is 857 g/mol. The van der Waals surface area contributed by atoms with Crippen LogP contribution in [0.2, 0.25) is 0 Å². The van der Waals surface area contributed by atoms with Gasteiger partial charge in [-0.15, -0.1) is 0 Å². The Labute approximate surface area is 343 Å². The number of ether oxygens (including phenoxy) is 3. The lowest BCUT2D eigenvalue weighted by Gasteiger charge is -2.20. The molecule has 14 nitrogen and oxygen atoms in total. The summed E-state index contributed by atoms with van der Waals surface area (Å²) in [5.41, 5.74) is 0. The molecule has 0 spiro atoms. The largest absolute Gasteiger partial charge is 0.472 e. The van der Waals surface area contributed by atoms with Crippen molar-refractivity contribution in [2.45, 2.75) is 206 Å². The van der Waals surface area contributed by atoms with Gasteiger partial charge >= 0.3 is 27.6 Å². The fourth-order valence-corrected chi connectivity index (χ4v) is 7.43. The Morgan fingerprint density at radius 3 is 1.84 bits per heavy atom. The van der Waals surface area contributed by atoms with Crippen LogP contribution < -0.4 is 0 Å². The molecule has 0 radical (unpaired) electrons. The molecule has 1 fully saturated rings. The molecule has 1 aliphatic heterocycles. The summed E-state index contributed by atoms with van der Waals surface area (Å²) < 4.78 is 53.6. The molecule has 1 aliphatic rings. The van der Waals surface area contributed by atoms with E-state index in [1.165, 1.54) is 70.6 Å². The highest BCUT2D eigenvalue weighted by atomic mass is 31.2. The van der Waals surface area contributed by atoms with Crippen LogP contribution in [-0.2, 0) is 46.5 Å². The van der Waals surface area contributed by atoms with E-state index in [2.05, 4.69) is 42.0 Å². The highest BCUT2D eigenvalue weighted by Gasteiger charge is 2.36. The highest BCUT2D eigenvalue weighted by Crippen LogP contribution is 2.44. The molecule has 0 bridgehead atoms. The van der Waals surface area contributed by atoms with Gasteiger partial charge in [-0.05, 0) is 44.4 Å². The van der Waals surface area contributed by atoms with Gasteiger partial charge in [-0.1, -0.05) is 142 Å². The summed E-state index contributed by atoms with van der Waals surface area (Å²) in [5.74, 6) is -0.230. The minimum absolute atomic E-state index is 0.128. The van der Waals surface area contributed by atoms with E-state index >= 15 is 0 Å². The average Bonchev–Trinajstić information content (AvgIpc) is 3.92. The number of aliphatic hydroxyl groups is 1. The predicted octanol–water partition coefficient (Wildman–Crippen LogP) is 9.80. The van der Waals surface area contributed by atoms with E-state index in [1.807, 2.05) is 0 Å². The Balaban J connectivity index is 2.36. The minimum atomic E-state index is -4.86. The van der Waals surface area contributed by atoms with Crippen LogP contribution in [0, 0.1) is 5.92 Å². The Kier molecular flexibility index (Phi) is 31.7.